The highest BCUT2D eigenvalue weighted by molar-refractivity contribution is 5.92. The average molecular weight is 330 g/mol. The van der Waals surface area contributed by atoms with Crippen LogP contribution in [0, 0.1) is 11.7 Å². The Kier molecular flexibility index (Phi) is 8.38. The normalized spacial score (nSPS) is 16.1. The second-order valence-corrected chi connectivity index (χ2v) is 5.64. The molecule has 2 N–H and O–H groups in total. The fourth-order valence-electron chi connectivity index (χ4n) is 2.74. The highest BCUT2D eigenvalue weighted by Crippen LogP contribution is 2.20. The molecule has 0 aromatic heterocycles. The van der Waals surface area contributed by atoms with Crippen LogP contribution in [0.2, 0.25) is 0 Å². The fourth-order valence-corrected chi connectivity index (χ4v) is 2.74. The van der Waals surface area contributed by atoms with Crippen LogP contribution in [0.25, 0.3) is 0 Å². The number of hydrogen-bond acceptors (Lipinski definition) is 3. The maximum absolute atomic E-state index is 13.5. The van der Waals surface area contributed by atoms with Gasteiger partial charge in [0.05, 0.1) is 12.2 Å². The maximum atomic E-state index is 13.5. The van der Waals surface area contributed by atoms with E-state index in [4.69, 9.17) is 0 Å². The van der Waals surface area contributed by atoms with Gasteiger partial charge in [-0.2, -0.15) is 0 Å². The van der Waals surface area contributed by atoms with Gasteiger partial charge in [-0.1, -0.05) is 12.1 Å². The van der Waals surface area contributed by atoms with Gasteiger partial charge in [0.25, 0.3) is 0 Å². The van der Waals surface area contributed by atoms with E-state index >= 15 is 0 Å². The standard InChI is InChI=1S/C16H24FN3O.ClH/c1-18-9-6-13-7-10-20(11-8-13)12-16(21)19-15-5-3-2-4-14(15)17;/h2-5,13,18H,6-12H2,1H3,(H,19,21);1H. The van der Waals surface area contributed by atoms with Crippen molar-refractivity contribution in [3.63, 3.8) is 0 Å². The number of anilines is 1. The number of carbonyl (C=O) groups excluding carboxylic acids is 1. The number of likely N-dealkylation sites (tertiary alicyclic amines) is 1. The minimum absolute atomic E-state index is 0. The van der Waals surface area contributed by atoms with E-state index < -0.39 is 5.82 Å². The molecule has 124 valence electrons. The summed E-state index contributed by atoms with van der Waals surface area (Å²) in [5, 5.41) is 5.82. The van der Waals surface area contributed by atoms with Gasteiger partial charge >= 0.3 is 0 Å². The van der Waals surface area contributed by atoms with E-state index in [-0.39, 0.29) is 24.0 Å². The van der Waals surface area contributed by atoms with Crippen molar-refractivity contribution in [2.45, 2.75) is 19.3 Å². The highest BCUT2D eigenvalue weighted by atomic mass is 35.5. The van der Waals surface area contributed by atoms with Gasteiger partial charge in [0.1, 0.15) is 5.82 Å². The first-order valence-electron chi connectivity index (χ1n) is 7.60. The summed E-state index contributed by atoms with van der Waals surface area (Å²) in [5.41, 5.74) is 0.256. The number of piperidine rings is 1. The summed E-state index contributed by atoms with van der Waals surface area (Å²) in [7, 11) is 1.97. The lowest BCUT2D eigenvalue weighted by Gasteiger charge is -2.31. The van der Waals surface area contributed by atoms with Crippen LogP contribution >= 0.6 is 12.4 Å². The van der Waals surface area contributed by atoms with Crippen molar-refractivity contribution in [1.82, 2.24) is 10.2 Å². The summed E-state index contributed by atoms with van der Waals surface area (Å²) in [6.45, 7) is 3.28. The molecule has 0 atom stereocenters. The van der Waals surface area contributed by atoms with E-state index in [0.717, 1.165) is 38.4 Å². The van der Waals surface area contributed by atoms with Crippen LogP contribution in [-0.2, 0) is 4.79 Å². The smallest absolute Gasteiger partial charge is 0.238 e. The summed E-state index contributed by atoms with van der Waals surface area (Å²) in [6, 6.07) is 6.26. The van der Waals surface area contributed by atoms with Gasteiger partial charge in [0.15, 0.2) is 0 Å². The van der Waals surface area contributed by atoms with Gasteiger partial charge in [-0.05, 0) is 64.0 Å². The summed E-state index contributed by atoms with van der Waals surface area (Å²) in [4.78, 5) is 14.1. The molecule has 22 heavy (non-hydrogen) atoms. The minimum atomic E-state index is -0.392. The Hall–Kier alpha value is -1.17. The molecular weight excluding hydrogens is 305 g/mol. The van der Waals surface area contributed by atoms with Crippen LogP contribution in [0.3, 0.4) is 0 Å². The van der Waals surface area contributed by atoms with E-state index in [1.165, 1.54) is 12.5 Å². The Morgan fingerprint density at radius 3 is 2.64 bits per heavy atom. The number of nitrogens with zero attached hydrogens (tertiary/aromatic N) is 1. The predicted octanol–water partition coefficient (Wildman–Crippen LogP) is 2.51. The van der Waals surface area contributed by atoms with Crippen molar-refractivity contribution >= 4 is 24.0 Å². The van der Waals surface area contributed by atoms with E-state index in [2.05, 4.69) is 15.5 Å². The molecule has 1 fully saturated rings. The number of halogens is 2. The van der Waals surface area contributed by atoms with Gasteiger partial charge in [-0.15, -0.1) is 12.4 Å². The first-order valence-corrected chi connectivity index (χ1v) is 7.60. The number of nitrogens with one attached hydrogen (secondary N) is 2. The number of rotatable bonds is 6. The number of benzene rings is 1. The molecule has 4 nitrogen and oxygen atoms in total. The van der Waals surface area contributed by atoms with Crippen molar-refractivity contribution in [3.05, 3.63) is 30.1 Å². The van der Waals surface area contributed by atoms with E-state index in [1.54, 1.807) is 18.2 Å². The van der Waals surface area contributed by atoms with Crippen molar-refractivity contribution in [1.29, 1.82) is 0 Å². The lowest BCUT2D eigenvalue weighted by Crippen LogP contribution is -2.39. The summed E-state index contributed by atoms with van der Waals surface area (Å²) < 4.78 is 13.5. The third-order valence-electron chi connectivity index (χ3n) is 4.02. The first-order chi connectivity index (χ1) is 10.2. The van der Waals surface area contributed by atoms with Crippen molar-refractivity contribution < 1.29 is 9.18 Å². The number of para-hydroxylation sites is 1. The fraction of sp³-hybridized carbons (Fsp3) is 0.562. The molecule has 1 saturated heterocycles. The van der Waals surface area contributed by atoms with Crippen LogP contribution in [0.5, 0.6) is 0 Å². The van der Waals surface area contributed by atoms with E-state index in [9.17, 15) is 9.18 Å². The second kappa shape index (κ2) is 9.77. The number of amides is 1. The highest BCUT2D eigenvalue weighted by Gasteiger charge is 2.20. The molecule has 0 unspecified atom stereocenters. The molecule has 0 radical (unpaired) electrons. The zero-order valence-electron chi connectivity index (χ0n) is 13.0. The van der Waals surface area contributed by atoms with Crippen molar-refractivity contribution in [3.8, 4) is 0 Å². The zero-order chi connectivity index (χ0) is 15.1. The number of hydrogen-bond donors (Lipinski definition) is 2. The van der Waals surface area contributed by atoms with Crippen LogP contribution in [0.15, 0.2) is 24.3 Å². The molecule has 0 spiro atoms. The Labute approximate surface area is 137 Å². The van der Waals surface area contributed by atoms with E-state index in [0.29, 0.717) is 6.54 Å². The Morgan fingerprint density at radius 2 is 2.00 bits per heavy atom. The monoisotopic (exact) mass is 329 g/mol. The van der Waals surface area contributed by atoms with Crippen molar-refractivity contribution in [2.75, 3.05) is 38.5 Å². The first kappa shape index (κ1) is 18.9. The summed E-state index contributed by atoms with van der Waals surface area (Å²) in [5.74, 6) is 0.216. The third-order valence-corrected chi connectivity index (χ3v) is 4.02. The molecule has 1 aliphatic rings. The number of carbonyl (C=O) groups is 1. The van der Waals surface area contributed by atoms with Crippen LogP contribution in [0.4, 0.5) is 10.1 Å². The maximum Gasteiger partial charge on any atom is 0.238 e. The van der Waals surface area contributed by atoms with Crippen LogP contribution in [0.1, 0.15) is 19.3 Å². The average Bonchev–Trinajstić information content (AvgIpc) is 2.49. The molecule has 1 amide bonds. The van der Waals surface area contributed by atoms with Gasteiger partial charge in [-0.3, -0.25) is 9.69 Å². The molecule has 0 aliphatic carbocycles. The van der Waals surface area contributed by atoms with E-state index in [1.807, 2.05) is 7.05 Å². The zero-order valence-corrected chi connectivity index (χ0v) is 13.8. The third kappa shape index (κ3) is 5.91. The topological polar surface area (TPSA) is 44.4 Å². The SMILES string of the molecule is CNCCC1CCN(CC(=O)Nc2ccccc2F)CC1.Cl. The van der Waals surface area contributed by atoms with Gasteiger partial charge in [0.2, 0.25) is 5.91 Å². The lowest BCUT2D eigenvalue weighted by molar-refractivity contribution is -0.117. The predicted molar refractivity (Wildman–Crippen MR) is 90.0 cm³/mol. The van der Waals surface area contributed by atoms with Crippen LogP contribution < -0.4 is 10.6 Å². The second-order valence-electron chi connectivity index (χ2n) is 5.64. The molecule has 0 bridgehead atoms. The Morgan fingerprint density at radius 1 is 1.32 bits per heavy atom. The minimum Gasteiger partial charge on any atom is -0.322 e. The molecule has 1 aliphatic heterocycles. The van der Waals surface area contributed by atoms with Gasteiger partial charge < -0.3 is 10.6 Å². The van der Waals surface area contributed by atoms with Gasteiger partial charge in [-0.25, -0.2) is 4.39 Å². The molecule has 6 heteroatoms. The molecule has 1 aromatic carbocycles. The Bertz CT molecular complexity index is 464. The van der Waals surface area contributed by atoms with Crippen molar-refractivity contribution in [2.24, 2.45) is 5.92 Å². The molecule has 1 heterocycles. The molecule has 2 rings (SSSR count). The molecule has 1 aromatic rings. The molecular formula is C16H25ClFN3O. The molecule has 0 saturated carbocycles. The summed E-state index contributed by atoms with van der Waals surface area (Å²) in [6.07, 6.45) is 3.47. The summed E-state index contributed by atoms with van der Waals surface area (Å²) >= 11 is 0. The quantitative estimate of drug-likeness (QED) is 0.843. The largest absolute Gasteiger partial charge is 0.322 e. The lowest BCUT2D eigenvalue weighted by atomic mass is 9.93. The Balaban J connectivity index is 0.00000242. The van der Waals surface area contributed by atoms with Gasteiger partial charge in [0, 0.05) is 0 Å². The van der Waals surface area contributed by atoms with Crippen LogP contribution in [-0.4, -0.2) is 44.0 Å².